The van der Waals surface area contributed by atoms with Crippen LogP contribution >= 0.6 is 0 Å². The van der Waals surface area contributed by atoms with Gasteiger partial charge in [0.15, 0.2) is 0 Å². The lowest BCUT2D eigenvalue weighted by Crippen LogP contribution is -2.08. The van der Waals surface area contributed by atoms with E-state index in [2.05, 4.69) is 6.58 Å². The lowest BCUT2D eigenvalue weighted by atomic mass is 10.0. The molecule has 3 heteroatoms. The average molecular weight is 214 g/mol. The Kier molecular flexibility index (Phi) is 3.95. The van der Waals surface area contributed by atoms with Crippen LogP contribution in [0.15, 0.2) is 42.5 Å². The summed E-state index contributed by atoms with van der Waals surface area (Å²) in [6.07, 6.45) is -3.99. The van der Waals surface area contributed by atoms with Crippen molar-refractivity contribution in [2.24, 2.45) is 0 Å². The number of hydrogen-bond donors (Lipinski definition) is 0. The minimum atomic E-state index is -4.13. The Morgan fingerprint density at radius 1 is 1.13 bits per heavy atom. The van der Waals surface area contributed by atoms with Crippen molar-refractivity contribution in [2.45, 2.75) is 25.4 Å². The quantitative estimate of drug-likeness (QED) is 0.661. The smallest absolute Gasteiger partial charge is 0.171 e. The maximum atomic E-state index is 12.0. The zero-order valence-corrected chi connectivity index (χ0v) is 8.35. The number of aryl methyl sites for hydroxylation is 1. The number of hydrogen-bond acceptors (Lipinski definition) is 0. The first kappa shape index (κ1) is 11.8. The number of rotatable bonds is 4. The first-order chi connectivity index (χ1) is 6.97. The standard InChI is InChI=1S/C12H13F3/c1-10(9-12(13,14)15)7-8-11-5-3-2-4-6-11/h2-6H,1,7-9H2. The zero-order chi connectivity index (χ0) is 11.3. The largest absolute Gasteiger partial charge is 0.392 e. The highest BCUT2D eigenvalue weighted by atomic mass is 19.4. The van der Waals surface area contributed by atoms with Gasteiger partial charge in [-0.05, 0) is 18.4 Å². The molecule has 0 N–H and O–H groups in total. The molecule has 0 amide bonds. The molecule has 0 aliphatic rings. The van der Waals surface area contributed by atoms with Crippen LogP contribution in [0.2, 0.25) is 0 Å². The zero-order valence-electron chi connectivity index (χ0n) is 8.35. The predicted octanol–water partition coefficient (Wildman–Crippen LogP) is 4.13. The van der Waals surface area contributed by atoms with Gasteiger partial charge in [0.1, 0.15) is 0 Å². The first-order valence-electron chi connectivity index (χ1n) is 4.75. The molecule has 0 spiro atoms. The van der Waals surface area contributed by atoms with Gasteiger partial charge >= 0.3 is 6.18 Å². The minimum Gasteiger partial charge on any atom is -0.171 e. The van der Waals surface area contributed by atoms with Gasteiger partial charge in [-0.15, -0.1) is 0 Å². The predicted molar refractivity (Wildman–Crippen MR) is 54.6 cm³/mol. The summed E-state index contributed by atoms with van der Waals surface area (Å²) in [5.41, 5.74) is 1.28. The van der Waals surface area contributed by atoms with E-state index in [1.165, 1.54) is 0 Å². The molecule has 1 aromatic carbocycles. The maximum Gasteiger partial charge on any atom is 0.392 e. The molecular formula is C12H13F3. The van der Waals surface area contributed by atoms with Crippen molar-refractivity contribution in [1.82, 2.24) is 0 Å². The molecule has 0 fully saturated rings. The molecule has 15 heavy (non-hydrogen) atoms. The van der Waals surface area contributed by atoms with Crippen LogP contribution in [0.5, 0.6) is 0 Å². The van der Waals surface area contributed by atoms with Crippen LogP contribution in [0.4, 0.5) is 13.2 Å². The van der Waals surface area contributed by atoms with Crippen LogP contribution in [0, 0.1) is 0 Å². The van der Waals surface area contributed by atoms with Gasteiger partial charge in [0.2, 0.25) is 0 Å². The van der Waals surface area contributed by atoms with Crippen LogP contribution in [0.25, 0.3) is 0 Å². The van der Waals surface area contributed by atoms with E-state index >= 15 is 0 Å². The summed E-state index contributed by atoms with van der Waals surface area (Å²) in [6.45, 7) is 3.44. The lowest BCUT2D eigenvalue weighted by Gasteiger charge is -2.08. The van der Waals surface area contributed by atoms with Gasteiger partial charge in [-0.1, -0.05) is 42.5 Å². The highest BCUT2D eigenvalue weighted by molar-refractivity contribution is 5.16. The molecular weight excluding hydrogens is 201 g/mol. The third-order valence-corrected chi connectivity index (χ3v) is 2.06. The molecule has 0 aromatic heterocycles. The van der Waals surface area contributed by atoms with E-state index in [0.717, 1.165) is 5.56 Å². The second-order valence-electron chi connectivity index (χ2n) is 3.53. The molecule has 0 saturated heterocycles. The Labute approximate surface area is 87.4 Å². The number of alkyl halides is 3. The highest BCUT2D eigenvalue weighted by Crippen LogP contribution is 2.25. The summed E-state index contributed by atoms with van der Waals surface area (Å²) < 4.78 is 35.9. The SMILES string of the molecule is C=C(CCc1ccccc1)CC(F)(F)F. The highest BCUT2D eigenvalue weighted by Gasteiger charge is 2.27. The van der Waals surface area contributed by atoms with Gasteiger partial charge in [-0.3, -0.25) is 0 Å². The second-order valence-corrected chi connectivity index (χ2v) is 3.53. The maximum absolute atomic E-state index is 12.0. The van der Waals surface area contributed by atoms with E-state index in [0.29, 0.717) is 12.8 Å². The number of halogens is 3. The molecule has 0 atom stereocenters. The Hall–Kier alpha value is -1.25. The molecule has 0 aliphatic carbocycles. The second kappa shape index (κ2) is 5.01. The molecule has 0 unspecified atom stereocenters. The van der Waals surface area contributed by atoms with Crippen molar-refractivity contribution in [2.75, 3.05) is 0 Å². The number of allylic oxidation sites excluding steroid dienone is 1. The van der Waals surface area contributed by atoms with Crippen molar-refractivity contribution >= 4 is 0 Å². The fraction of sp³-hybridized carbons (Fsp3) is 0.333. The molecule has 0 heterocycles. The first-order valence-corrected chi connectivity index (χ1v) is 4.75. The van der Waals surface area contributed by atoms with E-state index in [-0.39, 0.29) is 5.57 Å². The monoisotopic (exact) mass is 214 g/mol. The van der Waals surface area contributed by atoms with Crippen molar-refractivity contribution in [3.63, 3.8) is 0 Å². The summed E-state index contributed by atoms with van der Waals surface area (Å²) in [5.74, 6) is 0. The molecule has 0 radical (unpaired) electrons. The summed E-state index contributed by atoms with van der Waals surface area (Å²) >= 11 is 0. The van der Waals surface area contributed by atoms with E-state index in [1.807, 2.05) is 30.3 Å². The topological polar surface area (TPSA) is 0 Å². The van der Waals surface area contributed by atoms with Gasteiger partial charge < -0.3 is 0 Å². The van der Waals surface area contributed by atoms with Gasteiger partial charge in [-0.2, -0.15) is 13.2 Å². The van der Waals surface area contributed by atoms with Gasteiger partial charge in [-0.25, -0.2) is 0 Å². The third-order valence-electron chi connectivity index (χ3n) is 2.06. The van der Waals surface area contributed by atoms with Crippen LogP contribution in [0.1, 0.15) is 18.4 Å². The number of benzene rings is 1. The van der Waals surface area contributed by atoms with Crippen LogP contribution in [-0.2, 0) is 6.42 Å². The Bertz CT molecular complexity index is 311. The van der Waals surface area contributed by atoms with Crippen molar-refractivity contribution < 1.29 is 13.2 Å². The molecule has 82 valence electrons. The molecule has 0 bridgehead atoms. The molecule has 0 nitrogen and oxygen atoms in total. The fourth-order valence-electron chi connectivity index (χ4n) is 1.34. The Morgan fingerprint density at radius 3 is 2.27 bits per heavy atom. The molecule has 1 rings (SSSR count). The molecule has 0 aliphatic heterocycles. The summed E-state index contributed by atoms with van der Waals surface area (Å²) in [5, 5.41) is 0. The Balaban J connectivity index is 2.35. The van der Waals surface area contributed by atoms with Crippen LogP contribution < -0.4 is 0 Å². The van der Waals surface area contributed by atoms with Crippen LogP contribution in [0.3, 0.4) is 0 Å². The van der Waals surface area contributed by atoms with E-state index < -0.39 is 12.6 Å². The van der Waals surface area contributed by atoms with E-state index in [9.17, 15) is 13.2 Å². The minimum absolute atomic E-state index is 0.242. The van der Waals surface area contributed by atoms with Crippen LogP contribution in [-0.4, -0.2) is 6.18 Å². The fourth-order valence-corrected chi connectivity index (χ4v) is 1.34. The lowest BCUT2D eigenvalue weighted by molar-refractivity contribution is -0.127. The summed E-state index contributed by atoms with van der Waals surface area (Å²) in [7, 11) is 0. The average Bonchev–Trinajstić information content (AvgIpc) is 2.14. The van der Waals surface area contributed by atoms with Crippen molar-refractivity contribution in [3.05, 3.63) is 48.0 Å². The van der Waals surface area contributed by atoms with Gasteiger partial charge in [0.25, 0.3) is 0 Å². The van der Waals surface area contributed by atoms with Crippen molar-refractivity contribution in [1.29, 1.82) is 0 Å². The van der Waals surface area contributed by atoms with Gasteiger partial charge in [0, 0.05) is 0 Å². The Morgan fingerprint density at radius 2 is 1.73 bits per heavy atom. The summed E-state index contributed by atoms with van der Waals surface area (Å²) in [4.78, 5) is 0. The van der Waals surface area contributed by atoms with E-state index in [1.54, 1.807) is 0 Å². The third kappa shape index (κ3) is 5.25. The molecule has 1 aromatic rings. The molecule has 0 saturated carbocycles. The van der Waals surface area contributed by atoms with Gasteiger partial charge in [0.05, 0.1) is 6.42 Å². The van der Waals surface area contributed by atoms with Crippen molar-refractivity contribution in [3.8, 4) is 0 Å². The summed E-state index contributed by atoms with van der Waals surface area (Å²) in [6, 6.07) is 9.44. The van der Waals surface area contributed by atoms with E-state index in [4.69, 9.17) is 0 Å². The normalized spacial score (nSPS) is 11.4.